The van der Waals surface area contributed by atoms with E-state index in [9.17, 15) is 9.59 Å². The zero-order valence-electron chi connectivity index (χ0n) is 11.8. The topological polar surface area (TPSA) is 52.6 Å². The number of hydrogen-bond donors (Lipinski definition) is 0. The highest BCUT2D eigenvalue weighted by Gasteiger charge is 2.34. The molecule has 1 saturated carbocycles. The number of esters is 2. The normalized spacial score (nSPS) is 18.4. The van der Waals surface area contributed by atoms with E-state index in [-0.39, 0.29) is 0 Å². The molecule has 1 atom stereocenters. The molecule has 0 aliphatic heterocycles. The summed E-state index contributed by atoms with van der Waals surface area (Å²) in [7, 11) is 1.31. The van der Waals surface area contributed by atoms with Crippen molar-refractivity contribution in [3.05, 3.63) is 0 Å². The Labute approximate surface area is 109 Å². The maximum atomic E-state index is 12.0. The fourth-order valence-corrected chi connectivity index (χ4v) is 2.38. The first-order valence-electron chi connectivity index (χ1n) is 6.64. The van der Waals surface area contributed by atoms with Crippen LogP contribution in [0, 0.1) is 11.8 Å². The molecule has 0 aromatic rings. The largest absolute Gasteiger partial charge is 0.468 e. The number of hydrogen-bond acceptors (Lipinski definition) is 4. The third-order valence-corrected chi connectivity index (χ3v) is 3.22. The van der Waals surface area contributed by atoms with E-state index in [2.05, 4.69) is 0 Å². The van der Waals surface area contributed by atoms with Crippen molar-refractivity contribution in [2.45, 2.75) is 58.5 Å². The predicted octanol–water partition coefficient (Wildman–Crippen LogP) is 2.70. The van der Waals surface area contributed by atoms with Gasteiger partial charge < -0.3 is 9.47 Å². The average Bonchev–Trinajstić information content (AvgIpc) is 2.75. The van der Waals surface area contributed by atoms with Crippen molar-refractivity contribution in [3.8, 4) is 0 Å². The molecule has 1 aliphatic rings. The van der Waals surface area contributed by atoms with Gasteiger partial charge in [-0.1, -0.05) is 25.7 Å². The second kappa shape index (κ2) is 6.21. The minimum Gasteiger partial charge on any atom is -0.468 e. The lowest BCUT2D eigenvalue weighted by atomic mass is 9.93. The minimum absolute atomic E-state index is 0.446. The van der Waals surface area contributed by atoms with E-state index in [0.29, 0.717) is 12.3 Å². The molecule has 1 unspecified atom stereocenters. The molecule has 0 bridgehead atoms. The second-order valence-corrected chi connectivity index (χ2v) is 6.00. The Morgan fingerprint density at radius 1 is 1.17 bits per heavy atom. The first kappa shape index (κ1) is 15.0. The number of ether oxygens (including phenoxy) is 2. The monoisotopic (exact) mass is 256 g/mol. The molecule has 1 fully saturated rings. The Hall–Kier alpha value is -1.06. The van der Waals surface area contributed by atoms with Gasteiger partial charge >= 0.3 is 11.9 Å². The molecule has 0 N–H and O–H groups in total. The maximum absolute atomic E-state index is 12.0. The van der Waals surface area contributed by atoms with Crippen molar-refractivity contribution in [1.82, 2.24) is 0 Å². The summed E-state index contributed by atoms with van der Waals surface area (Å²) in [5, 5.41) is 0. The molecular weight excluding hydrogens is 232 g/mol. The van der Waals surface area contributed by atoms with E-state index in [1.807, 2.05) is 0 Å². The third kappa shape index (κ3) is 4.67. The third-order valence-electron chi connectivity index (χ3n) is 3.22. The lowest BCUT2D eigenvalue weighted by Crippen LogP contribution is -2.34. The zero-order chi connectivity index (χ0) is 13.8. The number of carbonyl (C=O) groups excluding carboxylic acids is 2. The number of methoxy groups -OCH3 is 1. The van der Waals surface area contributed by atoms with Crippen LogP contribution in [-0.2, 0) is 19.1 Å². The molecule has 1 aliphatic carbocycles. The first-order chi connectivity index (χ1) is 8.33. The van der Waals surface area contributed by atoms with Gasteiger partial charge in [-0.05, 0) is 33.1 Å². The van der Waals surface area contributed by atoms with Gasteiger partial charge in [-0.2, -0.15) is 0 Å². The summed E-state index contributed by atoms with van der Waals surface area (Å²) < 4.78 is 10.0. The smallest absolute Gasteiger partial charge is 0.320 e. The summed E-state index contributed by atoms with van der Waals surface area (Å²) in [6.07, 6.45) is 5.12. The van der Waals surface area contributed by atoms with Crippen LogP contribution in [0.2, 0.25) is 0 Å². The van der Waals surface area contributed by atoms with Crippen LogP contribution in [0.4, 0.5) is 0 Å². The molecule has 18 heavy (non-hydrogen) atoms. The van der Waals surface area contributed by atoms with Crippen LogP contribution in [0.15, 0.2) is 0 Å². The fraction of sp³-hybridized carbons (Fsp3) is 0.857. The molecule has 0 radical (unpaired) electrons. The van der Waals surface area contributed by atoms with Crippen LogP contribution in [0.1, 0.15) is 52.9 Å². The van der Waals surface area contributed by atoms with Crippen LogP contribution in [0.25, 0.3) is 0 Å². The van der Waals surface area contributed by atoms with Crippen LogP contribution < -0.4 is 0 Å². The van der Waals surface area contributed by atoms with E-state index >= 15 is 0 Å². The van der Waals surface area contributed by atoms with Gasteiger partial charge in [0.05, 0.1) is 7.11 Å². The zero-order valence-corrected chi connectivity index (χ0v) is 11.8. The molecule has 0 aromatic carbocycles. The van der Waals surface area contributed by atoms with Crippen molar-refractivity contribution in [2.24, 2.45) is 11.8 Å². The SMILES string of the molecule is COC(=O)C(CC1CCCC1)C(=O)OC(C)(C)C. The van der Waals surface area contributed by atoms with Crippen molar-refractivity contribution in [1.29, 1.82) is 0 Å². The van der Waals surface area contributed by atoms with Crippen LogP contribution in [0.5, 0.6) is 0 Å². The molecule has 1 rings (SSSR count). The van der Waals surface area contributed by atoms with Crippen molar-refractivity contribution in [3.63, 3.8) is 0 Å². The highest BCUT2D eigenvalue weighted by Crippen LogP contribution is 2.31. The van der Waals surface area contributed by atoms with Gasteiger partial charge in [-0.3, -0.25) is 9.59 Å². The Balaban J connectivity index is 2.65. The molecule has 4 heteroatoms. The van der Waals surface area contributed by atoms with Gasteiger partial charge in [0.1, 0.15) is 5.60 Å². The number of rotatable bonds is 4. The van der Waals surface area contributed by atoms with Crippen molar-refractivity contribution in [2.75, 3.05) is 7.11 Å². The molecule has 0 amide bonds. The molecule has 0 aromatic heterocycles. The molecule has 104 valence electrons. The van der Waals surface area contributed by atoms with Crippen molar-refractivity contribution >= 4 is 11.9 Å². The standard InChI is InChI=1S/C14H24O4/c1-14(2,3)18-13(16)11(12(15)17-4)9-10-7-5-6-8-10/h10-11H,5-9H2,1-4H3. The lowest BCUT2D eigenvalue weighted by Gasteiger charge is -2.24. The minimum atomic E-state index is -0.766. The average molecular weight is 256 g/mol. The second-order valence-electron chi connectivity index (χ2n) is 6.00. The molecule has 0 heterocycles. The Morgan fingerprint density at radius 2 is 1.72 bits per heavy atom. The van der Waals surface area contributed by atoms with Gasteiger partial charge in [0.25, 0.3) is 0 Å². The molecule has 0 saturated heterocycles. The highest BCUT2D eigenvalue weighted by atomic mass is 16.6. The van der Waals surface area contributed by atoms with E-state index in [0.717, 1.165) is 12.8 Å². The van der Waals surface area contributed by atoms with E-state index < -0.39 is 23.5 Å². The molecule has 0 spiro atoms. The van der Waals surface area contributed by atoms with Crippen LogP contribution >= 0.6 is 0 Å². The molecular formula is C14H24O4. The summed E-state index contributed by atoms with van der Waals surface area (Å²) in [6, 6.07) is 0. The predicted molar refractivity (Wildman–Crippen MR) is 67.9 cm³/mol. The highest BCUT2D eigenvalue weighted by molar-refractivity contribution is 5.95. The molecule has 4 nitrogen and oxygen atoms in total. The van der Waals surface area contributed by atoms with E-state index in [1.165, 1.54) is 20.0 Å². The summed E-state index contributed by atoms with van der Waals surface area (Å²) in [4.78, 5) is 23.7. The summed E-state index contributed by atoms with van der Waals surface area (Å²) in [5.74, 6) is -1.25. The maximum Gasteiger partial charge on any atom is 0.320 e. The first-order valence-corrected chi connectivity index (χ1v) is 6.64. The Kier molecular flexibility index (Phi) is 5.17. The van der Waals surface area contributed by atoms with E-state index in [4.69, 9.17) is 9.47 Å². The van der Waals surface area contributed by atoms with Crippen LogP contribution in [0.3, 0.4) is 0 Å². The summed E-state index contributed by atoms with van der Waals surface area (Å²) in [6.45, 7) is 5.40. The fourth-order valence-electron chi connectivity index (χ4n) is 2.38. The van der Waals surface area contributed by atoms with Crippen LogP contribution in [-0.4, -0.2) is 24.6 Å². The van der Waals surface area contributed by atoms with Gasteiger partial charge in [0, 0.05) is 0 Å². The van der Waals surface area contributed by atoms with Gasteiger partial charge in [0.15, 0.2) is 5.92 Å². The van der Waals surface area contributed by atoms with Gasteiger partial charge in [-0.15, -0.1) is 0 Å². The Morgan fingerprint density at radius 3 is 2.17 bits per heavy atom. The quantitative estimate of drug-likeness (QED) is 0.573. The number of carbonyl (C=O) groups is 2. The summed E-state index contributed by atoms with van der Waals surface area (Å²) in [5.41, 5.74) is -0.570. The summed E-state index contributed by atoms with van der Waals surface area (Å²) >= 11 is 0. The van der Waals surface area contributed by atoms with E-state index in [1.54, 1.807) is 20.8 Å². The van der Waals surface area contributed by atoms with Gasteiger partial charge in [-0.25, -0.2) is 0 Å². The van der Waals surface area contributed by atoms with Gasteiger partial charge in [0.2, 0.25) is 0 Å². The Bertz CT molecular complexity index is 297. The lowest BCUT2D eigenvalue weighted by molar-refractivity contribution is -0.168. The van der Waals surface area contributed by atoms with Crippen molar-refractivity contribution < 1.29 is 19.1 Å².